The molecule has 0 fully saturated rings. The number of hydrogen-bond donors (Lipinski definition) is 1. The van der Waals surface area contributed by atoms with E-state index in [0.717, 1.165) is 12.4 Å². The maximum Gasteiger partial charge on any atom is 0.150 e. The van der Waals surface area contributed by atoms with Crippen molar-refractivity contribution in [2.75, 3.05) is 5.32 Å². The van der Waals surface area contributed by atoms with E-state index in [-0.39, 0.29) is 12.2 Å². The van der Waals surface area contributed by atoms with Gasteiger partial charge in [-0.25, -0.2) is 13.8 Å². The van der Waals surface area contributed by atoms with E-state index < -0.39 is 11.6 Å². The van der Waals surface area contributed by atoms with Crippen LogP contribution in [0.3, 0.4) is 0 Å². The van der Waals surface area contributed by atoms with Crippen LogP contribution < -0.4 is 5.32 Å². The lowest BCUT2D eigenvalue weighted by Gasteiger charge is -2.10. The van der Waals surface area contributed by atoms with Crippen LogP contribution in [0.25, 0.3) is 0 Å². The van der Waals surface area contributed by atoms with Crippen LogP contribution in [0.4, 0.5) is 14.5 Å². The molecule has 3 nitrogen and oxygen atoms in total. The molecule has 0 aliphatic carbocycles. The minimum atomic E-state index is -0.628. The molecule has 0 atom stereocenters. The largest absolute Gasteiger partial charge is 0.373 e. The minimum absolute atomic E-state index is 0.135. The summed E-state index contributed by atoms with van der Waals surface area (Å²) < 4.78 is 29.4. The van der Waals surface area contributed by atoms with Crippen LogP contribution in [-0.2, 0) is 13.1 Å². The van der Waals surface area contributed by atoms with Crippen molar-refractivity contribution in [1.82, 2.24) is 9.55 Å². The summed E-state index contributed by atoms with van der Waals surface area (Å²) in [5, 5.41) is 2.73. The zero-order chi connectivity index (χ0) is 13.1. The molecule has 0 bridgehead atoms. The van der Waals surface area contributed by atoms with Crippen LogP contribution in [-0.4, -0.2) is 9.55 Å². The molecule has 1 N–H and O–H groups in total. The van der Waals surface area contributed by atoms with E-state index in [1.54, 1.807) is 6.20 Å². The molecular weight excluding hydrogens is 304 g/mol. The summed E-state index contributed by atoms with van der Waals surface area (Å²) in [6.07, 6.45) is 3.49. The molecule has 0 saturated heterocycles. The average Bonchev–Trinajstić information content (AvgIpc) is 2.75. The van der Waals surface area contributed by atoms with Crippen LogP contribution in [0.1, 0.15) is 12.7 Å². The molecule has 96 valence electrons. The number of hydrogen-bond acceptors (Lipinski definition) is 2. The van der Waals surface area contributed by atoms with E-state index >= 15 is 0 Å². The maximum absolute atomic E-state index is 13.6. The van der Waals surface area contributed by atoms with Crippen molar-refractivity contribution < 1.29 is 8.78 Å². The van der Waals surface area contributed by atoms with Gasteiger partial charge in [0.25, 0.3) is 0 Å². The van der Waals surface area contributed by atoms with E-state index in [4.69, 9.17) is 0 Å². The number of halogens is 3. The molecule has 1 aromatic heterocycles. The van der Waals surface area contributed by atoms with Gasteiger partial charge in [0, 0.05) is 23.4 Å². The second kappa shape index (κ2) is 5.48. The predicted octanol–water partition coefficient (Wildman–Crippen LogP) is 3.56. The highest BCUT2D eigenvalue weighted by Crippen LogP contribution is 2.24. The van der Waals surface area contributed by atoms with Crippen molar-refractivity contribution >= 4 is 21.6 Å². The first-order chi connectivity index (χ1) is 8.61. The Hall–Kier alpha value is -1.43. The monoisotopic (exact) mass is 315 g/mol. The third-order valence-electron chi connectivity index (χ3n) is 2.57. The Morgan fingerprint density at radius 3 is 2.61 bits per heavy atom. The summed E-state index contributed by atoms with van der Waals surface area (Å²) >= 11 is 3.04. The molecule has 0 spiro atoms. The van der Waals surface area contributed by atoms with Gasteiger partial charge in [-0.3, -0.25) is 0 Å². The Kier molecular flexibility index (Phi) is 3.96. The second-order valence-corrected chi connectivity index (χ2v) is 4.64. The van der Waals surface area contributed by atoms with Gasteiger partial charge in [0.15, 0.2) is 0 Å². The summed E-state index contributed by atoms with van der Waals surface area (Å²) in [6.45, 7) is 3.02. The summed E-state index contributed by atoms with van der Waals surface area (Å²) in [4.78, 5) is 4.13. The van der Waals surface area contributed by atoms with E-state index in [1.807, 2.05) is 17.7 Å². The predicted molar refractivity (Wildman–Crippen MR) is 69.3 cm³/mol. The van der Waals surface area contributed by atoms with Crippen molar-refractivity contribution in [3.63, 3.8) is 0 Å². The van der Waals surface area contributed by atoms with Gasteiger partial charge in [0.05, 0.1) is 6.54 Å². The smallest absolute Gasteiger partial charge is 0.150 e. The Bertz CT molecular complexity index is 531. The maximum atomic E-state index is 13.6. The lowest BCUT2D eigenvalue weighted by molar-refractivity contribution is 0.585. The molecule has 2 aromatic rings. The quantitative estimate of drug-likeness (QED) is 0.935. The summed E-state index contributed by atoms with van der Waals surface area (Å²) in [5.74, 6) is -0.521. The molecule has 0 aliphatic heterocycles. The number of imidazole rings is 1. The van der Waals surface area contributed by atoms with E-state index in [2.05, 4.69) is 26.2 Å². The number of benzene rings is 1. The number of rotatable bonds is 4. The first-order valence-corrected chi connectivity index (χ1v) is 6.29. The van der Waals surface area contributed by atoms with Crippen LogP contribution in [0.2, 0.25) is 0 Å². The van der Waals surface area contributed by atoms with Crippen molar-refractivity contribution in [3.05, 3.63) is 46.5 Å². The van der Waals surface area contributed by atoms with E-state index in [9.17, 15) is 8.78 Å². The molecule has 0 aliphatic rings. The standard InChI is InChI=1S/C12H12BrF2N3/c1-2-18-4-3-16-11(18)7-17-12-9(14)5-8(13)6-10(12)15/h3-6,17H,2,7H2,1H3. The van der Waals surface area contributed by atoms with Gasteiger partial charge in [-0.15, -0.1) is 0 Å². The fourth-order valence-electron chi connectivity index (χ4n) is 1.67. The number of nitrogens with one attached hydrogen (secondary N) is 1. The number of aryl methyl sites for hydroxylation is 1. The van der Waals surface area contributed by atoms with Crippen LogP contribution >= 0.6 is 15.9 Å². The Morgan fingerprint density at radius 1 is 1.33 bits per heavy atom. The van der Waals surface area contributed by atoms with Crippen molar-refractivity contribution in [3.8, 4) is 0 Å². The molecule has 0 saturated carbocycles. The van der Waals surface area contributed by atoms with Crippen molar-refractivity contribution in [2.45, 2.75) is 20.0 Å². The third kappa shape index (κ3) is 2.69. The van der Waals surface area contributed by atoms with Crippen molar-refractivity contribution in [1.29, 1.82) is 0 Å². The molecule has 0 amide bonds. The molecule has 1 aromatic carbocycles. The molecule has 2 rings (SSSR count). The fraction of sp³-hybridized carbons (Fsp3) is 0.250. The summed E-state index contributed by atoms with van der Waals surface area (Å²) in [6, 6.07) is 2.44. The lowest BCUT2D eigenvalue weighted by Crippen LogP contribution is -2.09. The normalized spacial score (nSPS) is 10.7. The van der Waals surface area contributed by atoms with Crippen LogP contribution in [0, 0.1) is 11.6 Å². The summed E-state index contributed by atoms with van der Waals surface area (Å²) in [7, 11) is 0. The molecule has 6 heteroatoms. The second-order valence-electron chi connectivity index (χ2n) is 3.73. The highest BCUT2D eigenvalue weighted by molar-refractivity contribution is 9.10. The van der Waals surface area contributed by atoms with Gasteiger partial charge in [-0.2, -0.15) is 0 Å². The van der Waals surface area contributed by atoms with Crippen LogP contribution in [0.5, 0.6) is 0 Å². The molecule has 18 heavy (non-hydrogen) atoms. The van der Waals surface area contributed by atoms with Gasteiger partial charge in [0.2, 0.25) is 0 Å². The van der Waals surface area contributed by atoms with Crippen LogP contribution in [0.15, 0.2) is 29.0 Å². The third-order valence-corrected chi connectivity index (χ3v) is 3.03. The first-order valence-electron chi connectivity index (χ1n) is 5.50. The van der Waals surface area contributed by atoms with Gasteiger partial charge in [-0.05, 0) is 19.1 Å². The molecule has 1 heterocycles. The van der Waals surface area contributed by atoms with Gasteiger partial charge in [0.1, 0.15) is 23.1 Å². The Morgan fingerprint density at radius 2 is 2.00 bits per heavy atom. The minimum Gasteiger partial charge on any atom is -0.373 e. The summed E-state index contributed by atoms with van der Waals surface area (Å²) in [5.41, 5.74) is -0.135. The highest BCUT2D eigenvalue weighted by Gasteiger charge is 2.11. The Labute approximate surface area is 112 Å². The number of anilines is 1. The highest BCUT2D eigenvalue weighted by atomic mass is 79.9. The topological polar surface area (TPSA) is 29.9 Å². The molecular formula is C12H12BrF2N3. The Balaban J connectivity index is 2.16. The zero-order valence-electron chi connectivity index (χ0n) is 9.75. The lowest BCUT2D eigenvalue weighted by atomic mass is 10.3. The number of nitrogens with zero attached hydrogens (tertiary/aromatic N) is 2. The first kappa shape index (κ1) is 13.0. The fourth-order valence-corrected chi connectivity index (χ4v) is 2.08. The van der Waals surface area contributed by atoms with E-state index in [0.29, 0.717) is 4.47 Å². The SMILES string of the molecule is CCn1ccnc1CNc1c(F)cc(Br)cc1F. The number of aromatic nitrogens is 2. The van der Waals surface area contributed by atoms with Gasteiger partial charge < -0.3 is 9.88 Å². The molecule has 0 radical (unpaired) electrons. The van der Waals surface area contributed by atoms with E-state index in [1.165, 1.54) is 12.1 Å². The molecule has 0 unspecified atom stereocenters. The van der Waals surface area contributed by atoms with Gasteiger partial charge >= 0.3 is 0 Å². The van der Waals surface area contributed by atoms with Gasteiger partial charge in [-0.1, -0.05) is 15.9 Å². The average molecular weight is 316 g/mol. The van der Waals surface area contributed by atoms with Crippen molar-refractivity contribution in [2.24, 2.45) is 0 Å². The zero-order valence-corrected chi connectivity index (χ0v) is 11.3.